The zero-order valence-electron chi connectivity index (χ0n) is 12.4. The van der Waals surface area contributed by atoms with E-state index in [9.17, 15) is 4.79 Å². The van der Waals surface area contributed by atoms with Gasteiger partial charge in [-0.3, -0.25) is 4.98 Å². The molecule has 2 aromatic rings. The maximum absolute atomic E-state index is 10.8. The average Bonchev–Trinajstić information content (AvgIpc) is 2.52. The summed E-state index contributed by atoms with van der Waals surface area (Å²) in [5.74, 6) is -0.932. The van der Waals surface area contributed by atoms with Gasteiger partial charge in [0.25, 0.3) is 0 Å². The molecule has 0 fully saturated rings. The molecule has 0 spiro atoms. The Bertz CT molecular complexity index is 499. The molecule has 4 heteroatoms. The van der Waals surface area contributed by atoms with Crippen LogP contribution in [0.15, 0.2) is 48.8 Å². The molecule has 4 nitrogen and oxygen atoms in total. The molecule has 108 valence electrons. The summed E-state index contributed by atoms with van der Waals surface area (Å²) in [6.07, 6.45) is 3.34. The summed E-state index contributed by atoms with van der Waals surface area (Å²) in [7, 11) is 0. The molecule has 0 amide bonds. The number of aromatic carboxylic acids is 1. The van der Waals surface area contributed by atoms with Gasteiger partial charge in [-0.05, 0) is 30.3 Å². The highest BCUT2D eigenvalue weighted by Gasteiger charge is 2.02. The second-order valence-electron chi connectivity index (χ2n) is 3.25. The Morgan fingerprint density at radius 3 is 2.15 bits per heavy atom. The van der Waals surface area contributed by atoms with Crippen molar-refractivity contribution in [1.82, 2.24) is 4.98 Å². The number of benzene rings is 1. The molecule has 1 aromatic heterocycles. The molecule has 0 radical (unpaired) electrons. The highest BCUT2D eigenvalue weighted by atomic mass is 16.4. The molecule has 0 atom stereocenters. The van der Waals surface area contributed by atoms with Gasteiger partial charge in [-0.2, -0.15) is 0 Å². The van der Waals surface area contributed by atoms with Gasteiger partial charge in [-0.1, -0.05) is 33.8 Å². The van der Waals surface area contributed by atoms with Crippen molar-refractivity contribution in [3.05, 3.63) is 54.4 Å². The van der Waals surface area contributed by atoms with Crippen LogP contribution in [-0.4, -0.2) is 16.1 Å². The number of pyridine rings is 1. The highest BCUT2D eigenvalue weighted by molar-refractivity contribution is 5.89. The lowest BCUT2D eigenvalue weighted by atomic mass is 10.2. The van der Waals surface area contributed by atoms with Crippen LogP contribution in [0.2, 0.25) is 0 Å². The normalized spacial score (nSPS) is 8.40. The van der Waals surface area contributed by atoms with Crippen LogP contribution in [0.25, 0.3) is 0 Å². The number of nitrogens with zero attached hydrogens (tertiary/aromatic N) is 1. The number of rotatable bonds is 3. The van der Waals surface area contributed by atoms with Gasteiger partial charge in [-0.25, -0.2) is 4.79 Å². The standard InChI is InChI=1S/C12H10N2O2.2C2H6/c15-12(16)9-2-1-3-11(8-9)14-10-4-6-13-7-5-10;2*1-2/h1-8H,(H,13,14)(H,15,16);2*1-2H3. The first-order chi connectivity index (χ1) is 9.75. The van der Waals surface area contributed by atoms with Crippen molar-refractivity contribution >= 4 is 17.3 Å². The fourth-order valence-electron chi connectivity index (χ4n) is 1.33. The van der Waals surface area contributed by atoms with Gasteiger partial charge in [0, 0.05) is 23.8 Å². The molecule has 0 aliphatic heterocycles. The largest absolute Gasteiger partial charge is 0.478 e. The summed E-state index contributed by atoms with van der Waals surface area (Å²) in [6.45, 7) is 8.00. The second kappa shape index (κ2) is 10.6. The third-order valence-electron chi connectivity index (χ3n) is 2.08. The number of anilines is 2. The van der Waals surface area contributed by atoms with E-state index in [0.717, 1.165) is 11.4 Å². The van der Waals surface area contributed by atoms with E-state index >= 15 is 0 Å². The van der Waals surface area contributed by atoms with E-state index < -0.39 is 5.97 Å². The fourth-order valence-corrected chi connectivity index (χ4v) is 1.33. The minimum absolute atomic E-state index is 0.263. The number of carbonyl (C=O) groups is 1. The van der Waals surface area contributed by atoms with Crippen molar-refractivity contribution in [3.63, 3.8) is 0 Å². The van der Waals surface area contributed by atoms with Crippen LogP contribution in [0.4, 0.5) is 11.4 Å². The minimum atomic E-state index is -0.932. The molecule has 0 aliphatic rings. The topological polar surface area (TPSA) is 62.2 Å². The molecule has 0 saturated carbocycles. The van der Waals surface area contributed by atoms with E-state index in [1.165, 1.54) is 0 Å². The Morgan fingerprint density at radius 2 is 1.60 bits per heavy atom. The van der Waals surface area contributed by atoms with E-state index in [1.54, 1.807) is 30.6 Å². The highest BCUT2D eigenvalue weighted by Crippen LogP contribution is 2.16. The molecule has 1 heterocycles. The molecule has 0 aliphatic carbocycles. The van der Waals surface area contributed by atoms with Crippen molar-refractivity contribution in [2.24, 2.45) is 0 Å². The van der Waals surface area contributed by atoms with Crippen LogP contribution in [0, 0.1) is 0 Å². The molecule has 0 saturated heterocycles. The van der Waals surface area contributed by atoms with Crippen LogP contribution >= 0.6 is 0 Å². The number of carboxylic acids is 1. The Kier molecular flexibility index (Phi) is 9.31. The second-order valence-corrected chi connectivity index (χ2v) is 3.25. The van der Waals surface area contributed by atoms with Crippen LogP contribution in [-0.2, 0) is 0 Å². The summed E-state index contributed by atoms with van der Waals surface area (Å²) in [5.41, 5.74) is 1.88. The molecular formula is C16H22N2O2. The lowest BCUT2D eigenvalue weighted by Crippen LogP contribution is -1.97. The Balaban J connectivity index is 0.000000829. The summed E-state index contributed by atoms with van der Waals surface area (Å²) >= 11 is 0. The van der Waals surface area contributed by atoms with E-state index in [0.29, 0.717) is 0 Å². The number of hydrogen-bond acceptors (Lipinski definition) is 3. The van der Waals surface area contributed by atoms with Gasteiger partial charge < -0.3 is 10.4 Å². The lowest BCUT2D eigenvalue weighted by Gasteiger charge is -2.06. The Morgan fingerprint density at radius 1 is 1.00 bits per heavy atom. The molecular weight excluding hydrogens is 252 g/mol. The number of hydrogen-bond donors (Lipinski definition) is 2. The van der Waals surface area contributed by atoms with Crippen LogP contribution in [0.3, 0.4) is 0 Å². The molecule has 2 N–H and O–H groups in total. The molecule has 2 rings (SSSR count). The van der Waals surface area contributed by atoms with Crippen molar-refractivity contribution in [3.8, 4) is 0 Å². The minimum Gasteiger partial charge on any atom is -0.478 e. The first-order valence-corrected chi connectivity index (χ1v) is 6.76. The van der Waals surface area contributed by atoms with E-state index in [2.05, 4.69) is 10.3 Å². The zero-order chi connectivity index (χ0) is 15.4. The van der Waals surface area contributed by atoms with Crippen molar-refractivity contribution in [2.45, 2.75) is 27.7 Å². The molecule has 20 heavy (non-hydrogen) atoms. The van der Waals surface area contributed by atoms with Crippen molar-refractivity contribution < 1.29 is 9.90 Å². The molecule has 1 aromatic carbocycles. The van der Waals surface area contributed by atoms with E-state index in [4.69, 9.17) is 5.11 Å². The van der Waals surface area contributed by atoms with Crippen LogP contribution in [0.5, 0.6) is 0 Å². The fraction of sp³-hybridized carbons (Fsp3) is 0.250. The third kappa shape index (κ3) is 6.00. The summed E-state index contributed by atoms with van der Waals surface area (Å²) < 4.78 is 0. The third-order valence-corrected chi connectivity index (χ3v) is 2.08. The summed E-state index contributed by atoms with van der Waals surface area (Å²) in [4.78, 5) is 14.7. The van der Waals surface area contributed by atoms with Gasteiger partial charge in [-0.15, -0.1) is 0 Å². The quantitative estimate of drug-likeness (QED) is 0.860. The van der Waals surface area contributed by atoms with E-state index in [1.807, 2.05) is 45.9 Å². The molecule has 0 bridgehead atoms. The zero-order valence-corrected chi connectivity index (χ0v) is 12.4. The van der Waals surface area contributed by atoms with Crippen LogP contribution < -0.4 is 5.32 Å². The summed E-state index contributed by atoms with van der Waals surface area (Å²) in [5, 5.41) is 11.9. The van der Waals surface area contributed by atoms with E-state index in [-0.39, 0.29) is 5.56 Å². The van der Waals surface area contributed by atoms with Crippen LogP contribution in [0.1, 0.15) is 38.1 Å². The maximum Gasteiger partial charge on any atom is 0.335 e. The number of aromatic nitrogens is 1. The average molecular weight is 274 g/mol. The van der Waals surface area contributed by atoms with Crippen molar-refractivity contribution in [1.29, 1.82) is 0 Å². The maximum atomic E-state index is 10.8. The Labute approximate surface area is 120 Å². The predicted molar refractivity (Wildman–Crippen MR) is 83.6 cm³/mol. The van der Waals surface area contributed by atoms with Gasteiger partial charge in [0.15, 0.2) is 0 Å². The predicted octanol–water partition coefficient (Wildman–Crippen LogP) is 4.58. The van der Waals surface area contributed by atoms with Gasteiger partial charge in [0.1, 0.15) is 0 Å². The first-order valence-electron chi connectivity index (χ1n) is 6.76. The van der Waals surface area contributed by atoms with Gasteiger partial charge in [0.2, 0.25) is 0 Å². The summed E-state index contributed by atoms with van der Waals surface area (Å²) in [6, 6.07) is 10.3. The SMILES string of the molecule is CC.CC.O=C(O)c1cccc(Nc2ccncc2)c1. The van der Waals surface area contributed by atoms with Gasteiger partial charge in [0.05, 0.1) is 5.56 Å². The monoisotopic (exact) mass is 274 g/mol. The lowest BCUT2D eigenvalue weighted by molar-refractivity contribution is 0.0697. The van der Waals surface area contributed by atoms with Crippen molar-refractivity contribution in [2.75, 3.05) is 5.32 Å². The smallest absolute Gasteiger partial charge is 0.335 e. The first kappa shape index (κ1) is 17.6. The molecule has 0 unspecified atom stereocenters. The Hall–Kier alpha value is -2.36. The van der Waals surface area contributed by atoms with Gasteiger partial charge >= 0.3 is 5.97 Å². The number of nitrogens with one attached hydrogen (secondary N) is 1. The number of carboxylic acid groups (broad SMARTS) is 1.